The molecule has 0 aliphatic rings. The Kier molecular flexibility index (Phi) is 8.41. The Labute approximate surface area is 181 Å². The van der Waals surface area contributed by atoms with E-state index >= 15 is 0 Å². The summed E-state index contributed by atoms with van der Waals surface area (Å²) in [5, 5.41) is 21.1. The van der Waals surface area contributed by atoms with E-state index in [-0.39, 0.29) is 5.57 Å². The van der Waals surface area contributed by atoms with Crippen LogP contribution < -0.4 is 14.8 Å². The molecular weight excluding hydrogens is 396 g/mol. The molecule has 2 aromatic rings. The monoisotopic (exact) mass is 420 g/mol. The van der Waals surface area contributed by atoms with Gasteiger partial charge in [-0.1, -0.05) is 23.8 Å². The molecule has 1 amide bonds. The first kappa shape index (κ1) is 23.2. The van der Waals surface area contributed by atoms with Gasteiger partial charge in [-0.3, -0.25) is 4.79 Å². The molecule has 0 atom stereocenters. The van der Waals surface area contributed by atoms with Gasteiger partial charge in [-0.2, -0.15) is 5.26 Å². The van der Waals surface area contributed by atoms with Crippen LogP contribution >= 0.6 is 0 Å². The van der Waals surface area contributed by atoms with Gasteiger partial charge in [0.1, 0.15) is 11.6 Å². The second-order valence-corrected chi connectivity index (χ2v) is 6.61. The van der Waals surface area contributed by atoms with Gasteiger partial charge in [-0.05, 0) is 56.2 Å². The second-order valence-electron chi connectivity index (χ2n) is 6.61. The molecule has 0 fully saturated rings. The first-order chi connectivity index (χ1) is 14.9. The number of carboxylic acids is 1. The highest BCUT2D eigenvalue weighted by atomic mass is 16.5. The standard InChI is InChI=1S/C24H24N2O5/c1-4-6-18-11-17(13-21(30-5-2)23(18)31-15-22(27)28)12-19(14-25)24(29)26-20-9-7-16(3)8-10-20/h4,7-13H,1,5-6,15H2,2-3H3,(H,26,29)(H,27,28)/b19-12-. The molecular formula is C24H24N2O5. The Morgan fingerprint density at radius 3 is 2.52 bits per heavy atom. The fraction of sp³-hybridized carbons (Fsp3) is 0.208. The van der Waals surface area contributed by atoms with E-state index in [4.69, 9.17) is 14.6 Å². The van der Waals surface area contributed by atoms with Crippen LogP contribution in [-0.2, 0) is 16.0 Å². The minimum Gasteiger partial charge on any atom is -0.490 e. The lowest BCUT2D eigenvalue weighted by Crippen LogP contribution is -2.13. The highest BCUT2D eigenvalue weighted by Crippen LogP contribution is 2.34. The number of rotatable bonds is 10. The summed E-state index contributed by atoms with van der Waals surface area (Å²) >= 11 is 0. The lowest BCUT2D eigenvalue weighted by molar-refractivity contribution is -0.139. The Hall–Kier alpha value is -4.05. The van der Waals surface area contributed by atoms with Crippen LogP contribution in [0.25, 0.3) is 6.08 Å². The number of hydrogen-bond acceptors (Lipinski definition) is 5. The second kappa shape index (κ2) is 11.2. The van der Waals surface area contributed by atoms with Crippen LogP contribution in [0.15, 0.2) is 54.6 Å². The number of nitriles is 1. The molecule has 7 heteroatoms. The van der Waals surface area contributed by atoms with Crippen molar-refractivity contribution in [2.75, 3.05) is 18.5 Å². The molecule has 0 saturated carbocycles. The third-order valence-electron chi connectivity index (χ3n) is 4.14. The highest BCUT2D eigenvalue weighted by Gasteiger charge is 2.16. The zero-order valence-corrected chi connectivity index (χ0v) is 17.5. The molecule has 31 heavy (non-hydrogen) atoms. The molecule has 2 aromatic carbocycles. The van der Waals surface area contributed by atoms with Gasteiger partial charge in [0, 0.05) is 11.3 Å². The molecule has 2 rings (SSSR count). The summed E-state index contributed by atoms with van der Waals surface area (Å²) in [5.74, 6) is -1.04. The van der Waals surface area contributed by atoms with Crippen LogP contribution in [0.3, 0.4) is 0 Å². The van der Waals surface area contributed by atoms with Crippen molar-refractivity contribution in [2.24, 2.45) is 0 Å². The normalized spacial score (nSPS) is 10.7. The Morgan fingerprint density at radius 1 is 1.23 bits per heavy atom. The molecule has 2 N–H and O–H groups in total. The number of amides is 1. The van der Waals surface area contributed by atoms with E-state index in [0.717, 1.165) is 5.56 Å². The average Bonchev–Trinajstić information content (AvgIpc) is 2.73. The van der Waals surface area contributed by atoms with E-state index in [9.17, 15) is 14.9 Å². The number of carbonyl (C=O) groups excluding carboxylic acids is 1. The zero-order chi connectivity index (χ0) is 22.8. The SMILES string of the molecule is C=CCc1cc(/C=C(/C#N)C(=O)Nc2ccc(C)cc2)cc(OCC)c1OCC(=O)O. The van der Waals surface area contributed by atoms with E-state index in [1.807, 2.05) is 25.1 Å². The number of nitrogens with one attached hydrogen (secondary N) is 1. The average molecular weight is 420 g/mol. The molecule has 0 heterocycles. The fourth-order valence-corrected chi connectivity index (χ4v) is 2.79. The van der Waals surface area contributed by atoms with E-state index in [2.05, 4.69) is 11.9 Å². The molecule has 0 aliphatic heterocycles. The third kappa shape index (κ3) is 6.75. The molecule has 0 unspecified atom stereocenters. The van der Waals surface area contributed by atoms with Gasteiger partial charge in [0.25, 0.3) is 5.91 Å². The molecule has 0 aliphatic carbocycles. The van der Waals surface area contributed by atoms with E-state index in [0.29, 0.717) is 41.3 Å². The maximum Gasteiger partial charge on any atom is 0.341 e. The van der Waals surface area contributed by atoms with Crippen molar-refractivity contribution in [1.29, 1.82) is 5.26 Å². The quantitative estimate of drug-likeness (QED) is 0.340. The molecule has 0 saturated heterocycles. The summed E-state index contributed by atoms with van der Waals surface area (Å²) in [5.41, 5.74) is 2.71. The first-order valence-corrected chi connectivity index (χ1v) is 9.63. The first-order valence-electron chi connectivity index (χ1n) is 9.63. The summed E-state index contributed by atoms with van der Waals surface area (Å²) in [6, 6.07) is 12.5. The van der Waals surface area contributed by atoms with Crippen LogP contribution in [0.1, 0.15) is 23.6 Å². The maximum absolute atomic E-state index is 12.6. The van der Waals surface area contributed by atoms with Crippen molar-refractivity contribution in [3.05, 3.63) is 71.3 Å². The van der Waals surface area contributed by atoms with Crippen LogP contribution in [0.4, 0.5) is 5.69 Å². The fourth-order valence-electron chi connectivity index (χ4n) is 2.79. The minimum absolute atomic E-state index is 0.0909. The zero-order valence-electron chi connectivity index (χ0n) is 17.5. The van der Waals surface area contributed by atoms with Crippen molar-refractivity contribution in [2.45, 2.75) is 20.3 Å². The summed E-state index contributed by atoms with van der Waals surface area (Å²) < 4.78 is 11.0. The number of hydrogen-bond donors (Lipinski definition) is 2. The number of aliphatic carboxylic acids is 1. The third-order valence-corrected chi connectivity index (χ3v) is 4.14. The van der Waals surface area contributed by atoms with Crippen molar-refractivity contribution in [1.82, 2.24) is 0 Å². The lowest BCUT2D eigenvalue weighted by atomic mass is 10.0. The summed E-state index contributed by atoms with van der Waals surface area (Å²) in [6.07, 6.45) is 3.47. The van der Waals surface area contributed by atoms with Crippen molar-refractivity contribution >= 4 is 23.6 Å². The molecule has 0 aromatic heterocycles. The van der Waals surface area contributed by atoms with Crippen LogP contribution in [0.2, 0.25) is 0 Å². The lowest BCUT2D eigenvalue weighted by Gasteiger charge is -2.16. The van der Waals surface area contributed by atoms with Gasteiger partial charge in [0.15, 0.2) is 18.1 Å². The van der Waals surface area contributed by atoms with Crippen LogP contribution in [0.5, 0.6) is 11.5 Å². The largest absolute Gasteiger partial charge is 0.490 e. The molecule has 0 bridgehead atoms. The number of nitrogens with zero attached hydrogens (tertiary/aromatic N) is 1. The predicted octanol–water partition coefficient (Wildman–Crippen LogP) is 4.13. The number of ether oxygens (including phenoxy) is 2. The van der Waals surface area contributed by atoms with Crippen LogP contribution in [-0.4, -0.2) is 30.2 Å². The summed E-state index contributed by atoms with van der Waals surface area (Å²) in [7, 11) is 0. The molecule has 0 radical (unpaired) electrons. The van der Waals surface area contributed by atoms with Gasteiger partial charge in [0.2, 0.25) is 0 Å². The van der Waals surface area contributed by atoms with Gasteiger partial charge in [-0.15, -0.1) is 6.58 Å². The van der Waals surface area contributed by atoms with Crippen molar-refractivity contribution in [3.8, 4) is 17.6 Å². The summed E-state index contributed by atoms with van der Waals surface area (Å²) in [6.45, 7) is 7.23. The van der Waals surface area contributed by atoms with Gasteiger partial charge >= 0.3 is 5.97 Å². The number of aryl methyl sites for hydroxylation is 1. The highest BCUT2D eigenvalue weighted by molar-refractivity contribution is 6.09. The Morgan fingerprint density at radius 2 is 1.94 bits per heavy atom. The van der Waals surface area contributed by atoms with E-state index in [1.54, 1.807) is 37.3 Å². The molecule has 0 spiro atoms. The van der Waals surface area contributed by atoms with Gasteiger partial charge < -0.3 is 19.9 Å². The van der Waals surface area contributed by atoms with Gasteiger partial charge in [-0.25, -0.2) is 4.79 Å². The minimum atomic E-state index is -1.12. The van der Waals surface area contributed by atoms with Gasteiger partial charge in [0.05, 0.1) is 6.61 Å². The van der Waals surface area contributed by atoms with Crippen molar-refractivity contribution < 1.29 is 24.2 Å². The number of allylic oxidation sites excluding steroid dienone is 1. The van der Waals surface area contributed by atoms with Crippen LogP contribution in [0, 0.1) is 18.3 Å². The Bertz CT molecular complexity index is 1030. The van der Waals surface area contributed by atoms with E-state index in [1.165, 1.54) is 6.08 Å². The number of carboxylic acid groups (broad SMARTS) is 1. The Balaban J connectivity index is 2.41. The van der Waals surface area contributed by atoms with E-state index < -0.39 is 18.5 Å². The van der Waals surface area contributed by atoms with Crippen molar-refractivity contribution in [3.63, 3.8) is 0 Å². The number of anilines is 1. The summed E-state index contributed by atoms with van der Waals surface area (Å²) in [4.78, 5) is 23.5. The molecule has 7 nitrogen and oxygen atoms in total. The molecule has 160 valence electrons. The predicted molar refractivity (Wildman–Crippen MR) is 118 cm³/mol. The number of benzene rings is 2. The topological polar surface area (TPSA) is 109 Å². The smallest absolute Gasteiger partial charge is 0.341 e. The number of carbonyl (C=O) groups is 2. The maximum atomic E-state index is 12.6.